The number of nitrogens with zero attached hydrogens (tertiary/aromatic N) is 1. The van der Waals surface area contributed by atoms with Crippen LogP contribution in [0.25, 0.3) is 0 Å². The smallest absolute Gasteiger partial charge is 0.225 e. The predicted molar refractivity (Wildman–Crippen MR) is 92.0 cm³/mol. The van der Waals surface area contributed by atoms with E-state index >= 15 is 0 Å². The molecule has 3 aliphatic carbocycles. The minimum atomic E-state index is -0.144. The highest BCUT2D eigenvalue weighted by Crippen LogP contribution is 2.40. The molecular formula is C19H31N3O2. The molecule has 2 amide bonds. The van der Waals surface area contributed by atoms with Crippen LogP contribution in [-0.2, 0) is 9.59 Å². The van der Waals surface area contributed by atoms with Crippen molar-refractivity contribution >= 4 is 11.8 Å². The van der Waals surface area contributed by atoms with Crippen LogP contribution in [0.5, 0.6) is 0 Å². The molecule has 5 nitrogen and oxygen atoms in total. The molecule has 1 heterocycles. The van der Waals surface area contributed by atoms with Crippen molar-refractivity contribution in [3.8, 4) is 0 Å². The third kappa shape index (κ3) is 3.07. The molecule has 3 N–H and O–H groups in total. The summed E-state index contributed by atoms with van der Waals surface area (Å²) in [5.41, 5.74) is 6.18. The van der Waals surface area contributed by atoms with Crippen LogP contribution in [0.1, 0.15) is 64.2 Å². The number of carbonyl (C=O) groups excluding carboxylic acids is 2. The van der Waals surface area contributed by atoms with E-state index in [4.69, 9.17) is 5.73 Å². The van der Waals surface area contributed by atoms with Gasteiger partial charge in [-0.1, -0.05) is 19.3 Å². The zero-order chi connectivity index (χ0) is 16.7. The fourth-order valence-electron chi connectivity index (χ4n) is 5.78. The zero-order valence-electron chi connectivity index (χ0n) is 14.6. The lowest BCUT2D eigenvalue weighted by molar-refractivity contribution is -0.130. The minimum absolute atomic E-state index is 0.112. The normalized spacial score (nSPS) is 40.1. The predicted octanol–water partition coefficient (Wildman–Crippen LogP) is 1.80. The Morgan fingerprint density at radius 1 is 1.04 bits per heavy atom. The number of fused-ring (bicyclic) bond motifs is 2. The largest absolute Gasteiger partial charge is 0.353 e. The summed E-state index contributed by atoms with van der Waals surface area (Å²) in [6, 6.07) is 0.989. The first-order valence-corrected chi connectivity index (χ1v) is 9.97. The second-order valence-electron chi connectivity index (χ2n) is 8.60. The van der Waals surface area contributed by atoms with E-state index in [1.54, 1.807) is 0 Å². The van der Waals surface area contributed by atoms with E-state index in [2.05, 4.69) is 5.32 Å². The van der Waals surface area contributed by atoms with Crippen LogP contribution in [0, 0.1) is 17.8 Å². The van der Waals surface area contributed by atoms with Crippen LogP contribution in [0.4, 0.5) is 0 Å². The van der Waals surface area contributed by atoms with E-state index in [1.165, 1.54) is 32.1 Å². The quantitative estimate of drug-likeness (QED) is 0.827. The summed E-state index contributed by atoms with van der Waals surface area (Å²) in [5.74, 6) is 1.24. The Kier molecular flexibility index (Phi) is 4.54. The highest BCUT2D eigenvalue weighted by molar-refractivity contribution is 5.89. The van der Waals surface area contributed by atoms with Crippen molar-refractivity contribution in [2.75, 3.05) is 6.54 Å². The van der Waals surface area contributed by atoms with Gasteiger partial charge in [-0.3, -0.25) is 9.59 Å². The van der Waals surface area contributed by atoms with Crippen LogP contribution in [-0.4, -0.2) is 41.4 Å². The lowest BCUT2D eigenvalue weighted by atomic mass is 9.67. The van der Waals surface area contributed by atoms with Crippen LogP contribution < -0.4 is 11.1 Å². The van der Waals surface area contributed by atoms with Crippen LogP contribution in [0.2, 0.25) is 0 Å². The van der Waals surface area contributed by atoms with Gasteiger partial charge in [-0.25, -0.2) is 0 Å². The molecule has 0 aromatic heterocycles. The first kappa shape index (κ1) is 16.4. The molecule has 3 atom stereocenters. The average molecular weight is 333 g/mol. The summed E-state index contributed by atoms with van der Waals surface area (Å²) in [7, 11) is 0. The first-order chi connectivity index (χ1) is 11.6. The molecule has 2 bridgehead atoms. The van der Waals surface area contributed by atoms with E-state index in [9.17, 15) is 9.59 Å². The molecule has 3 saturated carbocycles. The number of rotatable bonds is 3. The van der Waals surface area contributed by atoms with E-state index in [-0.39, 0.29) is 17.7 Å². The number of hydrogen-bond acceptors (Lipinski definition) is 3. The Bertz CT molecular complexity index is 489. The second-order valence-corrected chi connectivity index (χ2v) is 8.60. The molecule has 0 aromatic rings. The maximum Gasteiger partial charge on any atom is 0.225 e. The van der Waals surface area contributed by atoms with Crippen LogP contribution in [0.3, 0.4) is 0 Å². The number of carbonyl (C=O) groups is 2. The number of likely N-dealkylation sites (tertiary alicyclic amines) is 1. The van der Waals surface area contributed by atoms with E-state index in [0.29, 0.717) is 42.9 Å². The number of amides is 2. The molecule has 4 rings (SSSR count). The average Bonchev–Trinajstić information content (AvgIpc) is 3.17. The van der Waals surface area contributed by atoms with Crippen molar-refractivity contribution in [1.29, 1.82) is 0 Å². The molecule has 134 valence electrons. The van der Waals surface area contributed by atoms with Gasteiger partial charge in [0, 0.05) is 31.1 Å². The molecule has 1 saturated heterocycles. The Morgan fingerprint density at radius 2 is 1.71 bits per heavy atom. The lowest BCUT2D eigenvalue weighted by Crippen LogP contribution is -2.54. The Balaban J connectivity index is 1.37. The van der Waals surface area contributed by atoms with Crippen molar-refractivity contribution in [3.05, 3.63) is 0 Å². The molecule has 1 aliphatic heterocycles. The molecule has 4 aliphatic rings. The molecule has 3 unspecified atom stereocenters. The summed E-state index contributed by atoms with van der Waals surface area (Å²) in [4.78, 5) is 27.1. The van der Waals surface area contributed by atoms with Crippen molar-refractivity contribution in [1.82, 2.24) is 10.2 Å². The fraction of sp³-hybridized carbons (Fsp3) is 0.895. The van der Waals surface area contributed by atoms with E-state index in [1.807, 2.05) is 4.90 Å². The van der Waals surface area contributed by atoms with Gasteiger partial charge in [0.2, 0.25) is 11.8 Å². The summed E-state index contributed by atoms with van der Waals surface area (Å²) in [6.07, 6.45) is 10.8. The van der Waals surface area contributed by atoms with E-state index < -0.39 is 0 Å². The van der Waals surface area contributed by atoms with Crippen molar-refractivity contribution < 1.29 is 9.59 Å². The lowest BCUT2D eigenvalue weighted by Gasteiger charge is -2.45. The summed E-state index contributed by atoms with van der Waals surface area (Å²) < 4.78 is 0. The van der Waals surface area contributed by atoms with Gasteiger partial charge in [0.25, 0.3) is 0 Å². The summed E-state index contributed by atoms with van der Waals surface area (Å²) >= 11 is 0. The molecule has 0 radical (unpaired) electrons. The summed E-state index contributed by atoms with van der Waals surface area (Å²) in [6.45, 7) is 0.636. The van der Waals surface area contributed by atoms with Crippen LogP contribution >= 0.6 is 0 Å². The fourth-order valence-corrected chi connectivity index (χ4v) is 5.78. The third-order valence-electron chi connectivity index (χ3n) is 6.98. The number of hydrogen-bond donors (Lipinski definition) is 2. The Hall–Kier alpha value is -1.10. The third-order valence-corrected chi connectivity index (χ3v) is 6.98. The molecule has 4 fully saturated rings. The van der Waals surface area contributed by atoms with Gasteiger partial charge in [0.15, 0.2) is 0 Å². The van der Waals surface area contributed by atoms with Gasteiger partial charge >= 0.3 is 0 Å². The summed E-state index contributed by atoms with van der Waals surface area (Å²) in [5, 5.41) is 3.34. The molecule has 0 spiro atoms. The Labute approximate surface area is 144 Å². The maximum absolute atomic E-state index is 12.8. The van der Waals surface area contributed by atoms with Gasteiger partial charge in [-0.05, 0) is 50.4 Å². The van der Waals surface area contributed by atoms with Crippen molar-refractivity contribution in [2.45, 2.75) is 82.3 Å². The van der Waals surface area contributed by atoms with Gasteiger partial charge in [0.1, 0.15) is 0 Å². The molecule has 0 aromatic carbocycles. The highest BCUT2D eigenvalue weighted by atomic mass is 16.2. The Morgan fingerprint density at radius 3 is 2.38 bits per heavy atom. The van der Waals surface area contributed by atoms with Gasteiger partial charge in [-0.2, -0.15) is 0 Å². The minimum Gasteiger partial charge on any atom is -0.353 e. The first-order valence-electron chi connectivity index (χ1n) is 9.97. The van der Waals surface area contributed by atoms with Crippen molar-refractivity contribution in [2.24, 2.45) is 23.5 Å². The second kappa shape index (κ2) is 6.66. The van der Waals surface area contributed by atoms with Crippen LogP contribution in [0.15, 0.2) is 0 Å². The zero-order valence-corrected chi connectivity index (χ0v) is 14.6. The number of nitrogens with two attached hydrogens (primary N) is 1. The van der Waals surface area contributed by atoms with Gasteiger partial charge in [0.05, 0.1) is 5.92 Å². The maximum atomic E-state index is 12.8. The SMILES string of the molecule is NC1CC2CCCC(C1)C2NC(=O)C1CC(=O)N(C2CCCC2)C1. The monoisotopic (exact) mass is 333 g/mol. The standard InChI is InChI=1S/C19H31N3O2/c20-15-8-12-4-3-5-13(9-15)18(12)21-19(24)14-10-17(23)22(11-14)16-6-1-2-7-16/h12-16,18H,1-11,20H2,(H,21,24). The molecular weight excluding hydrogens is 302 g/mol. The molecule has 5 heteroatoms. The van der Waals surface area contributed by atoms with Gasteiger partial charge in [-0.15, -0.1) is 0 Å². The molecule has 24 heavy (non-hydrogen) atoms. The van der Waals surface area contributed by atoms with E-state index in [0.717, 1.165) is 25.7 Å². The highest BCUT2D eigenvalue weighted by Gasteiger charge is 2.43. The van der Waals surface area contributed by atoms with Crippen molar-refractivity contribution in [3.63, 3.8) is 0 Å². The topological polar surface area (TPSA) is 75.4 Å². The number of nitrogens with one attached hydrogen (secondary N) is 1. The van der Waals surface area contributed by atoms with Gasteiger partial charge < -0.3 is 16.0 Å².